The summed E-state index contributed by atoms with van der Waals surface area (Å²) in [6.07, 6.45) is 1.06. The smallest absolute Gasteiger partial charge is 0.326 e. The number of likely N-dealkylation sites (tertiary alicyclic amines) is 1. The molecule has 1 saturated heterocycles. The van der Waals surface area contributed by atoms with Crippen molar-refractivity contribution in [3.8, 4) is 0 Å². The summed E-state index contributed by atoms with van der Waals surface area (Å²) in [6, 6.07) is 2.24. The minimum absolute atomic E-state index is 0.159. The topological polar surface area (TPSA) is 69.6 Å². The van der Waals surface area contributed by atoms with Crippen LogP contribution < -0.4 is 5.32 Å². The lowest BCUT2D eigenvalue weighted by atomic mass is 10.2. The molecule has 0 unspecified atom stereocenters. The summed E-state index contributed by atoms with van der Waals surface area (Å²) in [7, 11) is 0. The summed E-state index contributed by atoms with van der Waals surface area (Å²) < 4.78 is 13.1. The number of carbonyl (C=O) groups is 2. The Morgan fingerprint density at radius 1 is 1.42 bits per heavy atom. The summed E-state index contributed by atoms with van der Waals surface area (Å²) in [6.45, 7) is 0.367. The molecule has 0 spiro atoms. The Bertz CT molecular complexity index is 503. The Balaban J connectivity index is 2.10. The van der Waals surface area contributed by atoms with Gasteiger partial charge in [-0.05, 0) is 31.0 Å². The SMILES string of the molecule is O=C(O)[C@H]1CCCN1C(=O)Nc1cc(F)cc(Cl)c1. The highest BCUT2D eigenvalue weighted by atomic mass is 35.5. The van der Waals surface area contributed by atoms with E-state index in [4.69, 9.17) is 16.7 Å². The lowest BCUT2D eigenvalue weighted by Gasteiger charge is -2.21. The van der Waals surface area contributed by atoms with Crippen molar-refractivity contribution in [1.29, 1.82) is 0 Å². The zero-order chi connectivity index (χ0) is 14.0. The molecule has 1 aliphatic rings. The second kappa shape index (κ2) is 5.44. The van der Waals surface area contributed by atoms with E-state index in [1.165, 1.54) is 11.0 Å². The van der Waals surface area contributed by atoms with Gasteiger partial charge in [0.2, 0.25) is 0 Å². The average molecular weight is 287 g/mol. The second-order valence-electron chi connectivity index (χ2n) is 4.28. The van der Waals surface area contributed by atoms with Gasteiger partial charge in [0.25, 0.3) is 0 Å². The number of urea groups is 1. The third-order valence-corrected chi connectivity index (χ3v) is 3.13. The molecular weight excluding hydrogens is 275 g/mol. The molecule has 19 heavy (non-hydrogen) atoms. The highest BCUT2D eigenvalue weighted by molar-refractivity contribution is 6.30. The number of nitrogens with one attached hydrogen (secondary N) is 1. The Hall–Kier alpha value is -1.82. The molecule has 1 fully saturated rings. The maximum Gasteiger partial charge on any atom is 0.326 e. The lowest BCUT2D eigenvalue weighted by molar-refractivity contribution is -0.141. The van der Waals surface area contributed by atoms with Crippen molar-refractivity contribution in [2.45, 2.75) is 18.9 Å². The van der Waals surface area contributed by atoms with Gasteiger partial charge in [0.05, 0.1) is 0 Å². The quantitative estimate of drug-likeness (QED) is 0.878. The van der Waals surface area contributed by atoms with E-state index in [9.17, 15) is 14.0 Å². The van der Waals surface area contributed by atoms with Crippen LogP contribution in [0.3, 0.4) is 0 Å². The van der Waals surface area contributed by atoms with Gasteiger partial charge in [-0.15, -0.1) is 0 Å². The van der Waals surface area contributed by atoms with Crippen LogP contribution in [0.1, 0.15) is 12.8 Å². The van der Waals surface area contributed by atoms with Gasteiger partial charge in [0.1, 0.15) is 11.9 Å². The summed E-state index contributed by atoms with van der Waals surface area (Å²) in [5.74, 6) is -1.61. The minimum Gasteiger partial charge on any atom is -0.480 e. The van der Waals surface area contributed by atoms with E-state index in [1.807, 2.05) is 0 Å². The number of rotatable bonds is 2. The number of halogens is 2. The lowest BCUT2D eigenvalue weighted by Crippen LogP contribution is -2.42. The van der Waals surface area contributed by atoms with E-state index in [0.717, 1.165) is 12.1 Å². The molecule has 1 aromatic carbocycles. The third kappa shape index (κ3) is 3.14. The molecule has 102 valence electrons. The van der Waals surface area contributed by atoms with Crippen LogP contribution in [0, 0.1) is 5.82 Å². The number of hydrogen-bond acceptors (Lipinski definition) is 2. The number of carbonyl (C=O) groups excluding carboxylic acids is 1. The normalized spacial score (nSPS) is 18.4. The fraction of sp³-hybridized carbons (Fsp3) is 0.333. The molecule has 5 nitrogen and oxygen atoms in total. The average Bonchev–Trinajstić information content (AvgIpc) is 2.75. The number of benzene rings is 1. The minimum atomic E-state index is -1.04. The van der Waals surface area contributed by atoms with E-state index in [1.54, 1.807) is 0 Å². The fourth-order valence-corrected chi connectivity index (χ4v) is 2.31. The summed E-state index contributed by atoms with van der Waals surface area (Å²) in [5.41, 5.74) is 0.200. The van der Waals surface area contributed by atoms with Crippen LogP contribution in [0.15, 0.2) is 18.2 Å². The first-order valence-corrected chi connectivity index (χ1v) is 6.11. The van der Waals surface area contributed by atoms with Gasteiger partial charge in [0.15, 0.2) is 0 Å². The molecule has 1 heterocycles. The monoisotopic (exact) mass is 286 g/mol. The molecule has 7 heteroatoms. The van der Waals surface area contributed by atoms with Crippen molar-refractivity contribution in [2.75, 3.05) is 11.9 Å². The predicted octanol–water partition coefficient (Wildman–Crippen LogP) is 2.56. The summed E-state index contributed by atoms with van der Waals surface area (Å²) >= 11 is 5.67. The summed E-state index contributed by atoms with van der Waals surface area (Å²) in [4.78, 5) is 24.1. The predicted molar refractivity (Wildman–Crippen MR) is 67.8 cm³/mol. The fourth-order valence-electron chi connectivity index (χ4n) is 2.09. The first kappa shape index (κ1) is 13.6. The number of anilines is 1. The molecule has 0 saturated carbocycles. The number of nitrogens with zero attached hydrogens (tertiary/aromatic N) is 1. The molecule has 2 amide bonds. The largest absolute Gasteiger partial charge is 0.480 e. The molecule has 0 radical (unpaired) electrons. The third-order valence-electron chi connectivity index (χ3n) is 2.91. The van der Waals surface area contributed by atoms with Gasteiger partial charge >= 0.3 is 12.0 Å². The molecule has 2 N–H and O–H groups in total. The van der Waals surface area contributed by atoms with Gasteiger partial charge in [-0.3, -0.25) is 0 Å². The first-order chi connectivity index (χ1) is 8.97. The van der Waals surface area contributed by atoms with Crippen LogP contribution in [0.25, 0.3) is 0 Å². The van der Waals surface area contributed by atoms with Crippen LogP contribution in [-0.4, -0.2) is 34.6 Å². The zero-order valence-corrected chi connectivity index (χ0v) is 10.7. The number of hydrogen-bond donors (Lipinski definition) is 2. The van der Waals surface area contributed by atoms with Crippen molar-refractivity contribution in [1.82, 2.24) is 4.90 Å². The molecule has 1 aliphatic heterocycles. The van der Waals surface area contributed by atoms with Crippen LogP contribution in [0.4, 0.5) is 14.9 Å². The number of carboxylic acid groups (broad SMARTS) is 1. The van der Waals surface area contributed by atoms with E-state index in [-0.39, 0.29) is 10.7 Å². The van der Waals surface area contributed by atoms with E-state index in [0.29, 0.717) is 19.4 Å². The molecular formula is C12H12ClFN2O3. The number of amides is 2. The van der Waals surface area contributed by atoms with Crippen LogP contribution in [-0.2, 0) is 4.79 Å². The van der Waals surface area contributed by atoms with Gasteiger partial charge in [0, 0.05) is 17.3 Å². The number of aliphatic carboxylic acids is 1. The highest BCUT2D eigenvalue weighted by Crippen LogP contribution is 2.21. The molecule has 2 rings (SSSR count). The molecule has 0 bridgehead atoms. The highest BCUT2D eigenvalue weighted by Gasteiger charge is 2.33. The van der Waals surface area contributed by atoms with Gasteiger partial charge < -0.3 is 15.3 Å². The van der Waals surface area contributed by atoms with Crippen molar-refractivity contribution in [3.63, 3.8) is 0 Å². The Kier molecular flexibility index (Phi) is 3.90. The van der Waals surface area contributed by atoms with Gasteiger partial charge in [-0.25, -0.2) is 14.0 Å². The standard InChI is InChI=1S/C12H12ClFN2O3/c13-7-4-8(14)6-9(5-7)15-12(19)16-3-1-2-10(16)11(17)18/h4-6,10H,1-3H2,(H,15,19)(H,17,18)/t10-/m1/s1. The first-order valence-electron chi connectivity index (χ1n) is 5.74. The van der Waals surface area contributed by atoms with Gasteiger partial charge in [-0.1, -0.05) is 11.6 Å². The van der Waals surface area contributed by atoms with E-state index < -0.39 is 23.9 Å². The van der Waals surface area contributed by atoms with Crippen LogP contribution >= 0.6 is 11.6 Å². The van der Waals surface area contributed by atoms with Crippen molar-refractivity contribution >= 4 is 29.3 Å². The molecule has 1 atom stereocenters. The Labute approximate surface area is 114 Å². The van der Waals surface area contributed by atoms with E-state index >= 15 is 0 Å². The van der Waals surface area contributed by atoms with Crippen molar-refractivity contribution in [3.05, 3.63) is 29.0 Å². The van der Waals surface area contributed by atoms with Crippen LogP contribution in [0.2, 0.25) is 5.02 Å². The summed E-state index contributed by atoms with van der Waals surface area (Å²) in [5, 5.41) is 11.6. The Morgan fingerprint density at radius 3 is 2.79 bits per heavy atom. The Morgan fingerprint density at radius 2 is 2.16 bits per heavy atom. The molecule has 0 aromatic heterocycles. The van der Waals surface area contributed by atoms with E-state index in [2.05, 4.69) is 5.32 Å². The van der Waals surface area contributed by atoms with Gasteiger partial charge in [-0.2, -0.15) is 0 Å². The maximum absolute atomic E-state index is 13.1. The molecule has 0 aliphatic carbocycles. The van der Waals surface area contributed by atoms with Crippen molar-refractivity contribution in [2.24, 2.45) is 0 Å². The maximum atomic E-state index is 13.1. The van der Waals surface area contributed by atoms with Crippen LogP contribution in [0.5, 0.6) is 0 Å². The number of carboxylic acids is 1. The molecule has 1 aromatic rings. The second-order valence-corrected chi connectivity index (χ2v) is 4.71. The zero-order valence-electron chi connectivity index (χ0n) is 9.90. The van der Waals surface area contributed by atoms with Crippen molar-refractivity contribution < 1.29 is 19.1 Å².